The lowest BCUT2D eigenvalue weighted by Crippen LogP contribution is -2.43. The fourth-order valence-electron chi connectivity index (χ4n) is 7.44. The molecule has 3 N–H and O–H groups in total. The second kappa shape index (κ2) is 11.4. The van der Waals surface area contributed by atoms with Crippen LogP contribution in [-0.4, -0.2) is 66.3 Å². The number of aromatic amines is 1. The first-order valence-electron chi connectivity index (χ1n) is 15.8. The quantitative estimate of drug-likeness (QED) is 0.166. The fraction of sp³-hybridized carbons (Fsp3) is 0.314. The minimum Gasteiger partial charge on any atom is -0.508 e. The minimum atomic E-state index is -0.930. The second-order valence-corrected chi connectivity index (χ2v) is 12.4. The Kier molecular flexibility index (Phi) is 7.12. The van der Waals surface area contributed by atoms with E-state index in [-0.39, 0.29) is 35.1 Å². The van der Waals surface area contributed by atoms with Crippen LogP contribution in [0.4, 0.5) is 19.0 Å². The maximum atomic E-state index is 16.8. The summed E-state index contributed by atoms with van der Waals surface area (Å²) in [5.41, 5.74) is 1.71. The number of alkyl halides is 1. The van der Waals surface area contributed by atoms with Gasteiger partial charge in [0.1, 0.15) is 47.0 Å². The highest BCUT2D eigenvalue weighted by molar-refractivity contribution is 6.01. The van der Waals surface area contributed by atoms with E-state index in [0.29, 0.717) is 53.5 Å². The molecule has 0 spiro atoms. The molecule has 47 heavy (non-hydrogen) atoms. The molecule has 2 fully saturated rings. The number of halogens is 3. The standard InChI is InChI=1S/C35H32F3N7O2/c1-2-23-27(37)7-6-19-11-22(46)12-25(28(19)23)30-29(38)31-26(16-40-30)33(42-15-20-14-41-32-24(20)5-3-9-39-32)44-34(43-31)47-18-35-8-4-10-45(35)17-21(36)13-35/h3,5-7,9,11-12,14,16,21,46H,2,4,8,10,13,15,17-18H2,1H3,(H,39,41)(H,42,43,44)/t21-,35+/m1/s1. The highest BCUT2D eigenvalue weighted by atomic mass is 19.1. The molecule has 12 heteroatoms. The van der Waals surface area contributed by atoms with E-state index in [2.05, 4.69) is 35.1 Å². The minimum absolute atomic E-state index is 0.0513. The lowest BCUT2D eigenvalue weighted by molar-refractivity contribution is 0.107. The molecule has 0 bridgehead atoms. The zero-order valence-electron chi connectivity index (χ0n) is 25.7. The van der Waals surface area contributed by atoms with Crippen molar-refractivity contribution in [2.75, 3.05) is 25.0 Å². The van der Waals surface area contributed by atoms with Gasteiger partial charge in [-0.15, -0.1) is 0 Å². The number of H-pyrrole nitrogens is 1. The summed E-state index contributed by atoms with van der Waals surface area (Å²) in [4.78, 5) is 23.3. The van der Waals surface area contributed by atoms with Crippen molar-refractivity contribution >= 4 is 38.5 Å². The Hall–Kier alpha value is -4.97. The van der Waals surface area contributed by atoms with Gasteiger partial charge in [0.2, 0.25) is 0 Å². The first-order chi connectivity index (χ1) is 22.8. The third-order valence-corrected chi connectivity index (χ3v) is 9.64. The molecule has 2 aromatic carbocycles. The second-order valence-electron chi connectivity index (χ2n) is 12.4. The number of rotatable bonds is 8. The first kappa shape index (κ1) is 29.4. The van der Waals surface area contributed by atoms with Crippen LogP contribution in [0.5, 0.6) is 11.8 Å². The number of phenolic OH excluding ortho intramolecular Hbond substituents is 1. The van der Waals surface area contributed by atoms with Crippen LogP contribution >= 0.6 is 0 Å². The molecule has 4 aromatic heterocycles. The van der Waals surface area contributed by atoms with Crippen molar-refractivity contribution < 1.29 is 23.0 Å². The summed E-state index contributed by atoms with van der Waals surface area (Å²) in [5, 5.41) is 16.1. The third-order valence-electron chi connectivity index (χ3n) is 9.64. The van der Waals surface area contributed by atoms with Crippen molar-refractivity contribution in [3.8, 4) is 23.0 Å². The summed E-state index contributed by atoms with van der Waals surface area (Å²) in [6, 6.07) is 9.55. The summed E-state index contributed by atoms with van der Waals surface area (Å²) in [5.74, 6) is -0.990. The maximum absolute atomic E-state index is 16.8. The maximum Gasteiger partial charge on any atom is 0.319 e. The molecule has 0 radical (unpaired) electrons. The van der Waals surface area contributed by atoms with E-state index < -0.39 is 23.3 Å². The van der Waals surface area contributed by atoms with Crippen LogP contribution in [0.3, 0.4) is 0 Å². The average Bonchev–Trinajstić information content (AvgIpc) is 3.75. The highest BCUT2D eigenvalue weighted by Gasteiger charge is 2.49. The van der Waals surface area contributed by atoms with Gasteiger partial charge in [-0.05, 0) is 78.0 Å². The SMILES string of the molecule is CCc1c(F)ccc2cc(O)cc(-c3ncc4c(NCc5c[nH]c6ncccc56)nc(OC[C@@]56CCCN5C[C@H](F)C6)nc4c3F)c12. The van der Waals surface area contributed by atoms with E-state index >= 15 is 4.39 Å². The zero-order chi connectivity index (χ0) is 32.3. The number of benzene rings is 2. The molecule has 8 rings (SSSR count). The van der Waals surface area contributed by atoms with Gasteiger partial charge in [0.05, 0.1) is 10.9 Å². The Labute approximate surface area is 267 Å². The molecule has 2 saturated heterocycles. The predicted molar refractivity (Wildman–Crippen MR) is 173 cm³/mol. The molecule has 240 valence electrons. The van der Waals surface area contributed by atoms with Crippen LogP contribution < -0.4 is 10.1 Å². The number of hydrogen-bond donors (Lipinski definition) is 3. The summed E-state index contributed by atoms with van der Waals surface area (Å²) in [6.45, 7) is 3.49. The van der Waals surface area contributed by atoms with E-state index in [1.807, 2.05) is 25.3 Å². The van der Waals surface area contributed by atoms with Crippen molar-refractivity contribution in [2.45, 2.75) is 50.9 Å². The number of aromatic nitrogens is 5. The molecule has 0 unspecified atom stereocenters. The van der Waals surface area contributed by atoms with Crippen molar-refractivity contribution in [1.82, 2.24) is 29.8 Å². The molecule has 0 saturated carbocycles. The first-order valence-corrected chi connectivity index (χ1v) is 15.8. The molecule has 6 heterocycles. The molecule has 2 atom stereocenters. The van der Waals surface area contributed by atoms with Gasteiger partial charge in [0.25, 0.3) is 0 Å². The number of aromatic hydroxyl groups is 1. The van der Waals surface area contributed by atoms with Crippen LogP contribution in [0.15, 0.2) is 55.0 Å². The van der Waals surface area contributed by atoms with Crippen LogP contribution in [-0.2, 0) is 13.0 Å². The Morgan fingerprint density at radius 1 is 1.15 bits per heavy atom. The van der Waals surface area contributed by atoms with Gasteiger partial charge in [0.15, 0.2) is 5.82 Å². The third kappa shape index (κ3) is 4.98. The van der Waals surface area contributed by atoms with Gasteiger partial charge >= 0.3 is 6.01 Å². The van der Waals surface area contributed by atoms with Crippen molar-refractivity contribution in [1.29, 1.82) is 0 Å². The monoisotopic (exact) mass is 639 g/mol. The molecule has 9 nitrogen and oxygen atoms in total. The number of phenols is 1. The van der Waals surface area contributed by atoms with Crippen molar-refractivity contribution in [3.63, 3.8) is 0 Å². The number of nitrogens with one attached hydrogen (secondary N) is 2. The lowest BCUT2D eigenvalue weighted by Gasteiger charge is -2.30. The Morgan fingerprint density at radius 2 is 2.04 bits per heavy atom. The fourth-order valence-corrected chi connectivity index (χ4v) is 7.44. The van der Waals surface area contributed by atoms with Crippen LogP contribution in [0, 0.1) is 11.6 Å². The number of hydrogen-bond acceptors (Lipinski definition) is 8. The normalized spacial score (nSPS) is 19.6. The molecular formula is C35H32F3N7O2. The molecule has 0 amide bonds. The molecule has 0 aliphatic carbocycles. The van der Waals surface area contributed by atoms with Crippen molar-refractivity contribution in [2.24, 2.45) is 0 Å². The smallest absolute Gasteiger partial charge is 0.319 e. The van der Waals surface area contributed by atoms with Gasteiger partial charge in [-0.3, -0.25) is 9.88 Å². The van der Waals surface area contributed by atoms with Gasteiger partial charge in [-0.2, -0.15) is 9.97 Å². The van der Waals surface area contributed by atoms with Crippen LogP contribution in [0.2, 0.25) is 0 Å². The number of aryl methyl sites for hydroxylation is 1. The summed E-state index contributed by atoms with van der Waals surface area (Å²) >= 11 is 0. The lowest BCUT2D eigenvalue weighted by atomic mass is 9.94. The van der Waals surface area contributed by atoms with Crippen LogP contribution in [0.25, 0.3) is 44.0 Å². The largest absolute Gasteiger partial charge is 0.508 e. The zero-order valence-corrected chi connectivity index (χ0v) is 25.7. The van der Waals surface area contributed by atoms with Crippen LogP contribution in [0.1, 0.15) is 37.3 Å². The number of ether oxygens (including phenoxy) is 1. The summed E-state index contributed by atoms with van der Waals surface area (Å²) in [6.07, 6.45) is 6.56. The topological polar surface area (TPSA) is 112 Å². The highest BCUT2D eigenvalue weighted by Crippen LogP contribution is 2.41. The van der Waals surface area contributed by atoms with Gasteiger partial charge in [-0.1, -0.05) is 13.0 Å². The Balaban J connectivity index is 1.24. The van der Waals surface area contributed by atoms with E-state index in [0.717, 1.165) is 36.0 Å². The Bertz CT molecular complexity index is 2170. The van der Waals surface area contributed by atoms with Gasteiger partial charge in [-0.25, -0.2) is 18.2 Å². The average molecular weight is 640 g/mol. The number of anilines is 1. The van der Waals surface area contributed by atoms with Gasteiger partial charge < -0.3 is 20.1 Å². The Morgan fingerprint density at radius 3 is 2.91 bits per heavy atom. The van der Waals surface area contributed by atoms with Crippen molar-refractivity contribution in [3.05, 3.63) is 77.8 Å². The van der Waals surface area contributed by atoms with E-state index in [1.165, 1.54) is 24.4 Å². The number of fused-ring (bicyclic) bond motifs is 4. The van der Waals surface area contributed by atoms with E-state index in [1.54, 1.807) is 12.3 Å². The summed E-state index contributed by atoms with van der Waals surface area (Å²) in [7, 11) is 0. The predicted octanol–water partition coefficient (Wildman–Crippen LogP) is 6.83. The summed E-state index contributed by atoms with van der Waals surface area (Å²) < 4.78 is 52.4. The number of nitrogens with zero attached hydrogens (tertiary/aromatic N) is 5. The van der Waals surface area contributed by atoms with Gasteiger partial charge in [0, 0.05) is 49.1 Å². The number of pyridine rings is 2. The van der Waals surface area contributed by atoms with E-state index in [9.17, 15) is 13.9 Å². The van der Waals surface area contributed by atoms with E-state index in [4.69, 9.17) is 4.74 Å². The molecule has 2 aliphatic rings. The molecule has 2 aliphatic heterocycles. The molecule has 6 aromatic rings. The molecular weight excluding hydrogens is 607 g/mol.